The second kappa shape index (κ2) is 11.9. The van der Waals surface area contributed by atoms with Gasteiger partial charge in [0.25, 0.3) is 0 Å². The van der Waals surface area contributed by atoms with Gasteiger partial charge >= 0.3 is 0 Å². The Balaban J connectivity index is 1.74. The van der Waals surface area contributed by atoms with Gasteiger partial charge in [-0.3, -0.25) is 4.99 Å². The van der Waals surface area contributed by atoms with Crippen LogP contribution >= 0.6 is 0 Å². The largest absolute Gasteiger partial charge is 0.490 e. The smallest absolute Gasteiger partial charge is 0.193 e. The lowest BCUT2D eigenvalue weighted by atomic mass is 10.1. The van der Waals surface area contributed by atoms with E-state index in [2.05, 4.69) is 42.9 Å². The molecule has 0 spiro atoms. The number of hydrogen-bond donors (Lipinski definition) is 1. The molecule has 1 heterocycles. The third-order valence-electron chi connectivity index (χ3n) is 5.18. The molecule has 1 aromatic rings. The first-order chi connectivity index (χ1) is 13.1. The van der Waals surface area contributed by atoms with Gasteiger partial charge in [0.05, 0.1) is 0 Å². The molecule has 27 heavy (non-hydrogen) atoms. The number of likely N-dealkylation sites (tertiary alicyclic amines) is 1. The normalized spacial score (nSPS) is 16.2. The summed E-state index contributed by atoms with van der Waals surface area (Å²) in [4.78, 5) is 9.64. The molecule has 0 aromatic heterocycles. The molecule has 1 aromatic carbocycles. The van der Waals surface area contributed by atoms with Crippen LogP contribution in [-0.2, 0) is 0 Å². The van der Waals surface area contributed by atoms with Gasteiger partial charge in [-0.25, -0.2) is 0 Å². The van der Waals surface area contributed by atoms with E-state index in [-0.39, 0.29) is 0 Å². The van der Waals surface area contributed by atoms with Gasteiger partial charge in [0.1, 0.15) is 11.9 Å². The van der Waals surface area contributed by atoms with Crippen molar-refractivity contribution in [3.63, 3.8) is 0 Å². The molecule has 0 atom stereocenters. The highest BCUT2D eigenvalue weighted by Crippen LogP contribution is 2.18. The fourth-order valence-electron chi connectivity index (χ4n) is 3.22. The van der Waals surface area contributed by atoms with Crippen molar-refractivity contribution in [3.05, 3.63) is 30.3 Å². The zero-order valence-electron chi connectivity index (χ0n) is 17.7. The summed E-state index contributed by atoms with van der Waals surface area (Å²) < 4.78 is 6.11. The van der Waals surface area contributed by atoms with Crippen LogP contribution in [-0.4, -0.2) is 67.7 Å². The van der Waals surface area contributed by atoms with Crippen LogP contribution in [0, 0.1) is 0 Å². The molecule has 1 aliphatic heterocycles. The first-order valence-corrected chi connectivity index (χ1v) is 10.5. The number of benzene rings is 1. The maximum Gasteiger partial charge on any atom is 0.193 e. The minimum absolute atomic E-state index is 0.304. The lowest BCUT2D eigenvalue weighted by Gasteiger charge is -2.34. The summed E-state index contributed by atoms with van der Waals surface area (Å²) in [5.74, 6) is 2.04. The van der Waals surface area contributed by atoms with Gasteiger partial charge in [-0.15, -0.1) is 0 Å². The molecule has 0 unspecified atom stereocenters. The minimum atomic E-state index is 0.304. The molecule has 152 valence electrons. The summed E-state index contributed by atoms with van der Waals surface area (Å²) in [6, 6.07) is 10.8. The number of para-hydroxylation sites is 1. The van der Waals surface area contributed by atoms with E-state index in [1.165, 1.54) is 6.42 Å². The van der Waals surface area contributed by atoms with E-state index < -0.39 is 0 Å². The number of unbranched alkanes of at least 4 members (excludes halogenated alkanes) is 1. The van der Waals surface area contributed by atoms with Crippen molar-refractivity contribution in [1.29, 1.82) is 0 Å². The van der Waals surface area contributed by atoms with E-state index in [1.54, 1.807) is 0 Å². The number of aliphatic imine (C=N–C) groups is 1. The van der Waals surface area contributed by atoms with Gasteiger partial charge < -0.3 is 19.9 Å². The zero-order valence-corrected chi connectivity index (χ0v) is 17.7. The third-order valence-corrected chi connectivity index (χ3v) is 5.18. The van der Waals surface area contributed by atoms with Crippen molar-refractivity contribution < 1.29 is 4.74 Å². The summed E-state index contributed by atoms with van der Waals surface area (Å²) in [5, 5.41) is 3.46. The molecule has 0 saturated carbocycles. The lowest BCUT2D eigenvalue weighted by Crippen LogP contribution is -2.47. The molecule has 5 heteroatoms. The van der Waals surface area contributed by atoms with Crippen molar-refractivity contribution in [2.75, 3.05) is 39.8 Å². The standard InChI is InChI=1S/C22H38N4O/c1-5-23-22(24-15-9-10-16-25(4)19(2)3)26-17-13-21(14-18-26)27-20-11-7-6-8-12-20/h6-8,11-12,19,21H,5,9-10,13-18H2,1-4H3,(H,23,24). The molecule has 0 radical (unpaired) electrons. The van der Waals surface area contributed by atoms with Gasteiger partial charge in [-0.05, 0) is 59.3 Å². The Morgan fingerprint density at radius 2 is 1.93 bits per heavy atom. The van der Waals surface area contributed by atoms with E-state index in [4.69, 9.17) is 9.73 Å². The SMILES string of the molecule is CCNC(=NCCCCN(C)C(C)C)N1CCC(Oc2ccccc2)CC1. The zero-order chi connectivity index (χ0) is 19.5. The maximum absolute atomic E-state index is 6.11. The topological polar surface area (TPSA) is 40.1 Å². The Kier molecular flexibility index (Phi) is 9.46. The number of ether oxygens (including phenoxy) is 1. The lowest BCUT2D eigenvalue weighted by molar-refractivity contribution is 0.129. The van der Waals surface area contributed by atoms with Crippen molar-refractivity contribution in [1.82, 2.24) is 15.1 Å². The van der Waals surface area contributed by atoms with Crippen molar-refractivity contribution in [2.24, 2.45) is 4.99 Å². The minimum Gasteiger partial charge on any atom is -0.490 e. The molecular weight excluding hydrogens is 336 g/mol. The molecule has 0 amide bonds. The first kappa shape index (κ1) is 21.5. The molecule has 2 rings (SSSR count). The Hall–Kier alpha value is -1.75. The Morgan fingerprint density at radius 1 is 1.22 bits per heavy atom. The third kappa shape index (κ3) is 7.79. The molecule has 0 aliphatic carbocycles. The Labute approximate surface area is 165 Å². The first-order valence-electron chi connectivity index (χ1n) is 10.5. The second-order valence-electron chi connectivity index (χ2n) is 7.63. The van der Waals surface area contributed by atoms with Crippen molar-refractivity contribution in [2.45, 2.75) is 58.6 Å². The number of piperidine rings is 1. The van der Waals surface area contributed by atoms with Crippen LogP contribution in [0.3, 0.4) is 0 Å². The second-order valence-corrected chi connectivity index (χ2v) is 7.63. The number of rotatable bonds is 9. The van der Waals surface area contributed by atoms with Crippen LogP contribution < -0.4 is 10.1 Å². The van der Waals surface area contributed by atoms with E-state index in [0.717, 1.165) is 63.7 Å². The van der Waals surface area contributed by atoms with Crippen LogP contribution in [0.4, 0.5) is 0 Å². The average molecular weight is 375 g/mol. The van der Waals surface area contributed by atoms with E-state index >= 15 is 0 Å². The number of guanidine groups is 1. The summed E-state index contributed by atoms with van der Waals surface area (Å²) >= 11 is 0. The summed E-state index contributed by atoms with van der Waals surface area (Å²) in [7, 11) is 2.19. The van der Waals surface area contributed by atoms with Gasteiger partial charge in [0.2, 0.25) is 0 Å². The van der Waals surface area contributed by atoms with E-state index in [0.29, 0.717) is 12.1 Å². The fourth-order valence-corrected chi connectivity index (χ4v) is 3.22. The number of nitrogens with zero attached hydrogens (tertiary/aromatic N) is 3. The van der Waals surface area contributed by atoms with Gasteiger partial charge in [0.15, 0.2) is 5.96 Å². The predicted molar refractivity (Wildman–Crippen MR) is 115 cm³/mol. The maximum atomic E-state index is 6.11. The van der Waals surface area contributed by atoms with Crippen LogP contribution in [0.15, 0.2) is 35.3 Å². The quantitative estimate of drug-likeness (QED) is 0.407. The molecule has 0 bridgehead atoms. The van der Waals surface area contributed by atoms with Gasteiger partial charge in [-0.2, -0.15) is 0 Å². The summed E-state index contributed by atoms with van der Waals surface area (Å²) in [5.41, 5.74) is 0. The highest BCUT2D eigenvalue weighted by atomic mass is 16.5. The molecule has 1 aliphatic rings. The molecule has 1 fully saturated rings. The molecule has 5 nitrogen and oxygen atoms in total. The van der Waals surface area contributed by atoms with Crippen molar-refractivity contribution >= 4 is 5.96 Å². The molecule has 1 saturated heterocycles. The average Bonchev–Trinajstić information content (AvgIpc) is 2.68. The van der Waals surface area contributed by atoms with Crippen LogP contribution in [0.25, 0.3) is 0 Å². The van der Waals surface area contributed by atoms with Crippen LogP contribution in [0.1, 0.15) is 46.5 Å². The Morgan fingerprint density at radius 3 is 2.56 bits per heavy atom. The summed E-state index contributed by atoms with van der Waals surface area (Å²) in [6.07, 6.45) is 4.72. The highest BCUT2D eigenvalue weighted by molar-refractivity contribution is 5.80. The van der Waals surface area contributed by atoms with Crippen LogP contribution in [0.5, 0.6) is 5.75 Å². The monoisotopic (exact) mass is 374 g/mol. The van der Waals surface area contributed by atoms with Gasteiger partial charge in [0, 0.05) is 45.1 Å². The number of nitrogens with one attached hydrogen (secondary N) is 1. The fraction of sp³-hybridized carbons (Fsp3) is 0.682. The number of hydrogen-bond acceptors (Lipinski definition) is 3. The van der Waals surface area contributed by atoms with E-state index in [9.17, 15) is 0 Å². The predicted octanol–water partition coefficient (Wildman–Crippen LogP) is 3.62. The van der Waals surface area contributed by atoms with E-state index in [1.807, 2.05) is 30.3 Å². The Bertz CT molecular complexity index is 539. The van der Waals surface area contributed by atoms with Gasteiger partial charge in [-0.1, -0.05) is 18.2 Å². The highest BCUT2D eigenvalue weighted by Gasteiger charge is 2.22. The summed E-state index contributed by atoms with van der Waals surface area (Å²) in [6.45, 7) is 11.6. The van der Waals surface area contributed by atoms with Crippen molar-refractivity contribution in [3.8, 4) is 5.75 Å². The molecular formula is C22H38N4O. The molecule has 1 N–H and O–H groups in total. The van der Waals surface area contributed by atoms with Crippen LogP contribution in [0.2, 0.25) is 0 Å².